The molecule has 2 rings (SSSR count). The molecule has 0 bridgehead atoms. The standard InChI is InChI=1S/C12H19.C8H11.2ClH.Zr/c1-6-7-12-10(4)8(2)9(3)11(12)5;1-6-4-7(2)8(3)5-6;;;/h6-7H2,1-5H3;4-5H,1-3H3;2*1H;/q2*-1;;;+4/p-2. The van der Waals surface area contributed by atoms with Gasteiger partial charge in [0, 0.05) is 0 Å². The van der Waals surface area contributed by atoms with Crippen molar-refractivity contribution >= 4 is 0 Å². The van der Waals surface area contributed by atoms with E-state index in [1.807, 2.05) is 0 Å². The summed E-state index contributed by atoms with van der Waals surface area (Å²) in [4.78, 5) is 0. The fourth-order valence-corrected chi connectivity index (χ4v) is 2.87. The van der Waals surface area contributed by atoms with Crippen LogP contribution in [0.5, 0.6) is 0 Å². The van der Waals surface area contributed by atoms with Crippen LogP contribution in [-0.4, -0.2) is 0 Å². The quantitative estimate of drug-likeness (QED) is 0.583. The van der Waals surface area contributed by atoms with E-state index >= 15 is 0 Å². The molecule has 128 valence electrons. The predicted molar refractivity (Wildman–Crippen MR) is 91.2 cm³/mol. The van der Waals surface area contributed by atoms with E-state index in [2.05, 4.69) is 67.5 Å². The first-order chi connectivity index (χ1) is 9.29. The Bertz CT molecular complexity index is 532. The minimum atomic E-state index is 0. The topological polar surface area (TPSA) is 0 Å². The number of rotatable bonds is 2. The minimum absolute atomic E-state index is 0. The molecule has 0 spiro atoms. The number of halogens is 2. The first-order valence-electron chi connectivity index (χ1n) is 7.72. The summed E-state index contributed by atoms with van der Waals surface area (Å²) in [5.74, 6) is 0. The van der Waals surface area contributed by atoms with E-state index in [9.17, 15) is 0 Å². The van der Waals surface area contributed by atoms with E-state index in [0.717, 1.165) is 0 Å². The van der Waals surface area contributed by atoms with E-state index in [-0.39, 0.29) is 51.0 Å². The molecule has 0 aliphatic rings. The molecule has 2 aromatic carbocycles. The summed E-state index contributed by atoms with van der Waals surface area (Å²) in [6.45, 7) is 17.6. The van der Waals surface area contributed by atoms with Gasteiger partial charge in [-0.15, -0.1) is 0 Å². The van der Waals surface area contributed by atoms with Crippen LogP contribution in [0.2, 0.25) is 0 Å². The van der Waals surface area contributed by atoms with Crippen molar-refractivity contribution in [2.45, 2.75) is 68.2 Å². The fraction of sp³-hybridized carbons (Fsp3) is 0.500. The fourth-order valence-electron chi connectivity index (χ4n) is 2.87. The molecule has 0 amide bonds. The summed E-state index contributed by atoms with van der Waals surface area (Å²) >= 11 is 0. The van der Waals surface area contributed by atoms with E-state index in [1.54, 1.807) is 5.56 Å². The van der Waals surface area contributed by atoms with Crippen molar-refractivity contribution in [1.82, 2.24) is 0 Å². The van der Waals surface area contributed by atoms with Crippen LogP contribution in [0.25, 0.3) is 0 Å². The van der Waals surface area contributed by atoms with E-state index in [1.165, 1.54) is 51.8 Å². The first kappa shape index (κ1) is 28.0. The van der Waals surface area contributed by atoms with Crippen LogP contribution in [0.3, 0.4) is 0 Å². The maximum atomic E-state index is 2.25. The first-order valence-corrected chi connectivity index (χ1v) is 7.72. The molecule has 0 atom stereocenters. The largest absolute Gasteiger partial charge is 4.00 e. The van der Waals surface area contributed by atoms with Gasteiger partial charge in [-0.1, -0.05) is 68.2 Å². The second kappa shape index (κ2) is 12.5. The van der Waals surface area contributed by atoms with Gasteiger partial charge in [-0.25, -0.2) is 11.6 Å². The van der Waals surface area contributed by atoms with Crippen molar-refractivity contribution in [3.05, 3.63) is 56.6 Å². The molecule has 0 aliphatic carbocycles. The molecular weight excluding hydrogens is 402 g/mol. The molecule has 0 radical (unpaired) electrons. The van der Waals surface area contributed by atoms with Gasteiger partial charge in [-0.05, 0) is 0 Å². The van der Waals surface area contributed by atoms with Gasteiger partial charge in [-0.2, -0.15) is 45.0 Å². The van der Waals surface area contributed by atoms with Gasteiger partial charge >= 0.3 is 26.2 Å². The second-order valence-corrected chi connectivity index (χ2v) is 6.13. The molecule has 3 heteroatoms. The maximum Gasteiger partial charge on any atom is 4.00 e. The molecule has 2 aromatic rings. The number of hydrogen-bond donors (Lipinski definition) is 0. The molecule has 0 saturated heterocycles. The van der Waals surface area contributed by atoms with E-state index in [4.69, 9.17) is 0 Å². The third-order valence-corrected chi connectivity index (χ3v) is 4.60. The summed E-state index contributed by atoms with van der Waals surface area (Å²) in [5.41, 5.74) is 11.8. The van der Waals surface area contributed by atoms with Crippen LogP contribution >= 0.6 is 0 Å². The average molecular weight is 433 g/mol. The number of aryl methyl sites for hydroxylation is 3. The Morgan fingerprint density at radius 3 is 1.65 bits per heavy atom. The Morgan fingerprint density at radius 2 is 1.43 bits per heavy atom. The van der Waals surface area contributed by atoms with Crippen LogP contribution in [-0.2, 0) is 32.6 Å². The van der Waals surface area contributed by atoms with Gasteiger partial charge in [0.25, 0.3) is 0 Å². The van der Waals surface area contributed by atoms with Crippen molar-refractivity contribution in [2.75, 3.05) is 0 Å². The molecule has 0 nitrogen and oxygen atoms in total. The van der Waals surface area contributed by atoms with Crippen LogP contribution in [0, 0.1) is 48.5 Å². The zero-order chi connectivity index (χ0) is 15.4. The van der Waals surface area contributed by atoms with Gasteiger partial charge < -0.3 is 24.8 Å². The zero-order valence-electron chi connectivity index (χ0n) is 15.8. The summed E-state index contributed by atoms with van der Waals surface area (Å²) in [5, 5.41) is 0. The summed E-state index contributed by atoms with van der Waals surface area (Å²) in [6, 6.07) is 4.41. The predicted octanol–water partition coefficient (Wildman–Crippen LogP) is -0.0721. The summed E-state index contributed by atoms with van der Waals surface area (Å²) < 4.78 is 0. The molecule has 0 unspecified atom stereocenters. The van der Waals surface area contributed by atoms with E-state index < -0.39 is 0 Å². The van der Waals surface area contributed by atoms with Crippen LogP contribution in [0.15, 0.2) is 12.1 Å². The van der Waals surface area contributed by atoms with Crippen molar-refractivity contribution in [3.8, 4) is 0 Å². The SMILES string of the molecule is CCCc1c(C)c(C)c(C)[c-]1C.Cc1cc(C)[c-](C)c1.[Cl-].[Cl-].[Zr+4]. The average Bonchev–Trinajstić information content (AvgIpc) is 2.77. The van der Waals surface area contributed by atoms with Crippen LogP contribution in [0.1, 0.15) is 57.9 Å². The molecule has 0 aliphatic heterocycles. The third-order valence-electron chi connectivity index (χ3n) is 4.60. The Kier molecular flexibility index (Phi) is 15.2. The number of hydrogen-bond acceptors (Lipinski definition) is 0. The normalized spacial score (nSPS) is 9.04. The molecule has 0 N–H and O–H groups in total. The monoisotopic (exact) mass is 430 g/mol. The summed E-state index contributed by atoms with van der Waals surface area (Å²) in [6.07, 6.45) is 2.50. The van der Waals surface area contributed by atoms with Crippen molar-refractivity contribution in [2.24, 2.45) is 0 Å². The maximum absolute atomic E-state index is 2.25. The van der Waals surface area contributed by atoms with Gasteiger partial charge in [0.05, 0.1) is 0 Å². The zero-order valence-corrected chi connectivity index (χ0v) is 19.8. The molecule has 23 heavy (non-hydrogen) atoms. The van der Waals surface area contributed by atoms with Crippen LogP contribution < -0.4 is 24.8 Å². The van der Waals surface area contributed by atoms with Gasteiger partial charge in [0.15, 0.2) is 0 Å². The second-order valence-electron chi connectivity index (χ2n) is 6.13. The Labute approximate surface area is 175 Å². The molecular formula is C20H30Cl2Zr. The Hall–Kier alpha value is 0.163. The minimum Gasteiger partial charge on any atom is -1.00 e. The van der Waals surface area contributed by atoms with Crippen molar-refractivity contribution in [1.29, 1.82) is 0 Å². The van der Waals surface area contributed by atoms with Crippen LogP contribution in [0.4, 0.5) is 0 Å². The molecule has 0 aromatic heterocycles. The summed E-state index contributed by atoms with van der Waals surface area (Å²) in [7, 11) is 0. The van der Waals surface area contributed by atoms with Crippen molar-refractivity contribution in [3.63, 3.8) is 0 Å². The van der Waals surface area contributed by atoms with Crippen molar-refractivity contribution < 1.29 is 51.0 Å². The Balaban J connectivity index is -0.000000325. The van der Waals surface area contributed by atoms with Gasteiger partial charge in [0.2, 0.25) is 0 Å². The molecule has 0 fully saturated rings. The third kappa shape index (κ3) is 7.29. The van der Waals surface area contributed by atoms with Gasteiger partial charge in [0.1, 0.15) is 0 Å². The molecule has 0 saturated carbocycles. The smallest absolute Gasteiger partial charge is 1.00 e. The Morgan fingerprint density at radius 1 is 0.913 bits per heavy atom. The van der Waals surface area contributed by atoms with E-state index in [0.29, 0.717) is 0 Å². The molecule has 0 heterocycles. The van der Waals surface area contributed by atoms with Gasteiger partial charge in [-0.3, -0.25) is 0 Å².